The molecule has 7 unspecified atom stereocenters. The first-order chi connectivity index (χ1) is 13.7. The van der Waals surface area contributed by atoms with Crippen molar-refractivity contribution in [1.82, 2.24) is 0 Å². The molecule has 0 amide bonds. The van der Waals surface area contributed by atoms with Crippen LogP contribution >= 0.6 is 0 Å². The summed E-state index contributed by atoms with van der Waals surface area (Å²) in [6, 6.07) is 0. The number of rotatable bonds is 4. The highest BCUT2D eigenvalue weighted by molar-refractivity contribution is 6.05. The van der Waals surface area contributed by atoms with Gasteiger partial charge in [-0.3, -0.25) is 9.59 Å². The van der Waals surface area contributed by atoms with Gasteiger partial charge in [0.2, 0.25) is 0 Å². The molecule has 0 N–H and O–H groups in total. The van der Waals surface area contributed by atoms with E-state index in [1.54, 1.807) is 6.08 Å². The van der Waals surface area contributed by atoms with Crippen molar-refractivity contribution >= 4 is 11.6 Å². The molecule has 0 radical (unpaired) electrons. The molecule has 4 rings (SSSR count). The van der Waals surface area contributed by atoms with Crippen LogP contribution in [0, 0.1) is 40.4 Å². The van der Waals surface area contributed by atoms with E-state index in [-0.39, 0.29) is 17.0 Å². The first-order valence-corrected chi connectivity index (χ1v) is 12.1. The Morgan fingerprint density at radius 2 is 1.90 bits per heavy atom. The van der Waals surface area contributed by atoms with Gasteiger partial charge in [0.15, 0.2) is 11.6 Å². The minimum atomic E-state index is -0.0532. The average molecular weight is 397 g/mol. The number of hydrogen-bond donors (Lipinski definition) is 0. The quantitative estimate of drug-likeness (QED) is 0.496. The molecule has 29 heavy (non-hydrogen) atoms. The van der Waals surface area contributed by atoms with E-state index in [1.807, 2.05) is 0 Å². The second kappa shape index (κ2) is 7.50. The van der Waals surface area contributed by atoms with Crippen LogP contribution in [0.5, 0.6) is 0 Å². The van der Waals surface area contributed by atoms with Gasteiger partial charge in [0.05, 0.1) is 0 Å². The van der Waals surface area contributed by atoms with Crippen molar-refractivity contribution in [2.24, 2.45) is 40.4 Å². The van der Waals surface area contributed by atoms with Gasteiger partial charge < -0.3 is 0 Å². The third-order valence-corrected chi connectivity index (χ3v) is 9.72. The maximum absolute atomic E-state index is 13.1. The fourth-order valence-corrected chi connectivity index (χ4v) is 8.20. The van der Waals surface area contributed by atoms with Crippen molar-refractivity contribution in [3.05, 3.63) is 23.3 Å². The Labute approximate surface area is 177 Å². The molecule has 3 saturated carbocycles. The minimum absolute atomic E-state index is 0.0532. The molecule has 0 aromatic carbocycles. The highest BCUT2D eigenvalue weighted by Crippen LogP contribution is 2.67. The number of carbonyl (C=O) groups excluding carboxylic acids is 2. The van der Waals surface area contributed by atoms with Crippen LogP contribution in [0.15, 0.2) is 23.3 Å². The lowest BCUT2D eigenvalue weighted by atomic mass is 9.46. The summed E-state index contributed by atoms with van der Waals surface area (Å²) in [5.41, 5.74) is 2.65. The van der Waals surface area contributed by atoms with E-state index in [4.69, 9.17) is 0 Å². The lowest BCUT2D eigenvalue weighted by molar-refractivity contribution is -0.131. The van der Waals surface area contributed by atoms with E-state index in [0.717, 1.165) is 23.8 Å². The van der Waals surface area contributed by atoms with Gasteiger partial charge in [-0.1, -0.05) is 32.4 Å². The van der Waals surface area contributed by atoms with Crippen molar-refractivity contribution in [2.45, 2.75) is 92.4 Å². The molecule has 2 nitrogen and oxygen atoms in total. The number of carbonyl (C=O) groups is 2. The Balaban J connectivity index is 1.56. The molecule has 0 saturated heterocycles. The van der Waals surface area contributed by atoms with Gasteiger partial charge in [0.25, 0.3) is 0 Å². The lowest BCUT2D eigenvalue weighted by Gasteiger charge is -2.57. The summed E-state index contributed by atoms with van der Waals surface area (Å²) < 4.78 is 0. The number of fused-ring (bicyclic) bond motifs is 5. The van der Waals surface area contributed by atoms with Gasteiger partial charge in [-0.25, -0.2) is 0 Å². The predicted octanol–water partition coefficient (Wildman–Crippen LogP) is 6.70. The van der Waals surface area contributed by atoms with E-state index in [2.05, 4.69) is 40.7 Å². The molecule has 0 heterocycles. The summed E-state index contributed by atoms with van der Waals surface area (Å²) in [4.78, 5) is 25.1. The number of allylic oxidation sites excluding steroid dienone is 3. The first-order valence-electron chi connectivity index (χ1n) is 12.1. The Morgan fingerprint density at radius 1 is 1.14 bits per heavy atom. The summed E-state index contributed by atoms with van der Waals surface area (Å²) in [6.45, 7) is 11.7. The smallest absolute Gasteiger partial charge is 0.159 e. The van der Waals surface area contributed by atoms with Crippen LogP contribution in [-0.4, -0.2) is 11.6 Å². The number of hydrogen-bond acceptors (Lipinski definition) is 2. The van der Waals surface area contributed by atoms with Crippen molar-refractivity contribution in [3.8, 4) is 0 Å². The van der Waals surface area contributed by atoms with Gasteiger partial charge in [-0.15, -0.1) is 0 Å². The second-order valence-corrected chi connectivity index (χ2v) is 11.5. The zero-order valence-electron chi connectivity index (χ0n) is 19.2. The molecule has 0 bridgehead atoms. The number of ketones is 2. The van der Waals surface area contributed by atoms with Crippen LogP contribution in [0.3, 0.4) is 0 Å². The van der Waals surface area contributed by atoms with Crippen LogP contribution < -0.4 is 0 Å². The molecule has 0 spiro atoms. The molecule has 3 fully saturated rings. The average Bonchev–Trinajstić information content (AvgIpc) is 3.00. The molecular weight excluding hydrogens is 356 g/mol. The molecule has 160 valence electrons. The van der Waals surface area contributed by atoms with Crippen LogP contribution in [0.25, 0.3) is 0 Å². The van der Waals surface area contributed by atoms with Gasteiger partial charge >= 0.3 is 0 Å². The summed E-state index contributed by atoms with van der Waals surface area (Å²) in [5.74, 6) is 3.82. The normalized spacial score (nSPS) is 42.4. The monoisotopic (exact) mass is 396 g/mol. The first kappa shape index (κ1) is 21.1. The molecular formula is C27H40O2. The van der Waals surface area contributed by atoms with Crippen molar-refractivity contribution < 1.29 is 9.59 Å². The second-order valence-electron chi connectivity index (χ2n) is 11.5. The van der Waals surface area contributed by atoms with Crippen LogP contribution in [0.4, 0.5) is 0 Å². The van der Waals surface area contributed by atoms with Crippen molar-refractivity contribution in [2.75, 3.05) is 0 Å². The minimum Gasteiger partial charge on any atom is -0.295 e. The van der Waals surface area contributed by atoms with Gasteiger partial charge in [0.1, 0.15) is 0 Å². The molecule has 7 atom stereocenters. The topological polar surface area (TPSA) is 34.1 Å². The summed E-state index contributed by atoms with van der Waals surface area (Å²) in [5, 5.41) is 0. The van der Waals surface area contributed by atoms with E-state index < -0.39 is 0 Å². The predicted molar refractivity (Wildman–Crippen MR) is 118 cm³/mol. The van der Waals surface area contributed by atoms with Gasteiger partial charge in [-0.05, 0) is 105 Å². The molecule has 0 aliphatic heterocycles. The van der Waals surface area contributed by atoms with Gasteiger partial charge in [-0.2, -0.15) is 0 Å². The molecule has 0 aromatic heterocycles. The van der Waals surface area contributed by atoms with E-state index in [1.165, 1.54) is 44.1 Å². The maximum atomic E-state index is 13.1. The molecule has 2 heteroatoms. The Hall–Kier alpha value is -1.18. The van der Waals surface area contributed by atoms with E-state index >= 15 is 0 Å². The third kappa shape index (κ3) is 3.39. The third-order valence-electron chi connectivity index (χ3n) is 9.72. The fourth-order valence-electron chi connectivity index (χ4n) is 8.20. The highest BCUT2D eigenvalue weighted by atomic mass is 16.1. The molecule has 4 aliphatic carbocycles. The zero-order chi connectivity index (χ0) is 21.0. The largest absolute Gasteiger partial charge is 0.295 e. The summed E-state index contributed by atoms with van der Waals surface area (Å²) >= 11 is 0. The Morgan fingerprint density at radius 3 is 2.62 bits per heavy atom. The Kier molecular flexibility index (Phi) is 5.45. The zero-order valence-corrected chi connectivity index (χ0v) is 19.2. The standard InChI is InChI=1S/C27H40O2/c1-17(2)7-6-8-18(3)21-9-10-22-20-16-25(29)24-15-19(28)11-13-27(24,5)23(20)12-14-26(21,22)4/h7,15,18,20-23H,6,8-14,16H2,1-5H3. The van der Waals surface area contributed by atoms with Crippen molar-refractivity contribution in [3.63, 3.8) is 0 Å². The van der Waals surface area contributed by atoms with Crippen LogP contribution in [0.1, 0.15) is 92.4 Å². The van der Waals surface area contributed by atoms with Crippen molar-refractivity contribution in [1.29, 1.82) is 0 Å². The number of Topliss-reactive ketones (excluding diaryl/α,β-unsaturated/α-hetero) is 1. The van der Waals surface area contributed by atoms with Crippen LogP contribution in [0.2, 0.25) is 0 Å². The van der Waals surface area contributed by atoms with Gasteiger partial charge in [0, 0.05) is 18.4 Å². The van der Waals surface area contributed by atoms with Crippen LogP contribution in [-0.2, 0) is 9.59 Å². The SMILES string of the molecule is CC(C)=CCCC(C)C1CCC2C3CC(=O)C4=CC(=O)CCC4(C)C3CCC12C. The lowest BCUT2D eigenvalue weighted by Crippen LogP contribution is -2.53. The summed E-state index contributed by atoms with van der Waals surface area (Å²) in [6.07, 6.45) is 14.0. The molecule has 0 aromatic rings. The summed E-state index contributed by atoms with van der Waals surface area (Å²) in [7, 11) is 0. The Bertz CT molecular complexity index is 754. The fraction of sp³-hybridized carbons (Fsp3) is 0.778. The van der Waals surface area contributed by atoms with E-state index in [0.29, 0.717) is 36.0 Å². The maximum Gasteiger partial charge on any atom is 0.159 e. The van der Waals surface area contributed by atoms with E-state index in [9.17, 15) is 9.59 Å². The molecule has 4 aliphatic rings. The highest BCUT2D eigenvalue weighted by Gasteiger charge is 2.60.